The highest BCUT2D eigenvalue weighted by Crippen LogP contribution is 2.29. The molecule has 3 aromatic heterocycles. The summed E-state index contributed by atoms with van der Waals surface area (Å²) < 4.78 is 0. The van der Waals surface area contributed by atoms with Crippen LogP contribution in [0.25, 0.3) is 21.8 Å². The van der Waals surface area contributed by atoms with Crippen molar-refractivity contribution in [1.29, 1.82) is 0 Å². The molecule has 0 aliphatic heterocycles. The fourth-order valence-corrected chi connectivity index (χ4v) is 2.56. The van der Waals surface area contributed by atoms with Crippen LogP contribution in [-0.2, 0) is 0 Å². The van der Waals surface area contributed by atoms with Crippen LogP contribution in [0.15, 0.2) is 24.5 Å². The zero-order chi connectivity index (χ0) is 16.4. The first kappa shape index (κ1) is 15.2. The van der Waals surface area contributed by atoms with Crippen molar-refractivity contribution in [3.63, 3.8) is 0 Å². The Morgan fingerprint density at radius 3 is 2.96 bits per heavy atom. The number of fused-ring (bicyclic) bond motifs is 3. The molecule has 120 valence electrons. The van der Waals surface area contributed by atoms with E-state index in [0.29, 0.717) is 5.82 Å². The topological polar surface area (TPSA) is 94.1 Å². The molecule has 0 radical (unpaired) electrons. The van der Waals surface area contributed by atoms with Gasteiger partial charge in [-0.1, -0.05) is 0 Å². The molecule has 0 spiro atoms. The van der Waals surface area contributed by atoms with Gasteiger partial charge in [-0.05, 0) is 39.2 Å². The summed E-state index contributed by atoms with van der Waals surface area (Å²) in [5, 5.41) is 14.1. The summed E-state index contributed by atoms with van der Waals surface area (Å²) in [5.74, 6) is -0.294. The Morgan fingerprint density at radius 2 is 2.22 bits per heavy atom. The Bertz CT molecular complexity index is 856. The second-order valence-corrected chi connectivity index (χ2v) is 5.71. The molecule has 0 atom stereocenters. The van der Waals surface area contributed by atoms with E-state index in [-0.39, 0.29) is 5.69 Å². The summed E-state index contributed by atoms with van der Waals surface area (Å²) in [4.78, 5) is 25.1. The molecule has 0 fully saturated rings. The molecule has 7 nitrogen and oxygen atoms in total. The summed E-state index contributed by atoms with van der Waals surface area (Å²) >= 11 is 0. The number of anilines is 1. The number of aromatic nitrogens is 3. The first-order valence-electron chi connectivity index (χ1n) is 7.44. The van der Waals surface area contributed by atoms with Crippen LogP contribution >= 0.6 is 0 Å². The fourth-order valence-electron chi connectivity index (χ4n) is 2.56. The third-order valence-corrected chi connectivity index (χ3v) is 3.68. The van der Waals surface area contributed by atoms with Crippen molar-refractivity contribution in [3.05, 3.63) is 30.2 Å². The molecular formula is C16H19N5O2. The third kappa shape index (κ3) is 3.09. The van der Waals surface area contributed by atoms with Crippen molar-refractivity contribution < 1.29 is 9.90 Å². The maximum absolute atomic E-state index is 11.3. The van der Waals surface area contributed by atoms with E-state index >= 15 is 0 Å². The van der Waals surface area contributed by atoms with Gasteiger partial charge in [-0.3, -0.25) is 4.98 Å². The molecule has 0 aliphatic rings. The van der Waals surface area contributed by atoms with E-state index in [1.54, 1.807) is 18.5 Å². The smallest absolute Gasteiger partial charge is 0.352 e. The molecule has 7 heteroatoms. The van der Waals surface area contributed by atoms with E-state index in [1.165, 1.54) is 0 Å². The quantitative estimate of drug-likeness (QED) is 0.604. The highest BCUT2D eigenvalue weighted by Gasteiger charge is 2.14. The summed E-state index contributed by atoms with van der Waals surface area (Å²) in [6.45, 7) is 1.74. The predicted octanol–water partition coefficient (Wildman–Crippen LogP) is 2.17. The molecule has 3 aromatic rings. The van der Waals surface area contributed by atoms with E-state index in [4.69, 9.17) is 0 Å². The minimum absolute atomic E-state index is 0.148. The molecule has 0 aliphatic carbocycles. The van der Waals surface area contributed by atoms with Gasteiger partial charge in [0.25, 0.3) is 0 Å². The molecule has 0 aromatic carbocycles. The van der Waals surface area contributed by atoms with E-state index in [1.807, 2.05) is 20.2 Å². The van der Waals surface area contributed by atoms with Crippen molar-refractivity contribution in [3.8, 4) is 0 Å². The van der Waals surface area contributed by atoms with Gasteiger partial charge in [0, 0.05) is 29.7 Å². The van der Waals surface area contributed by atoms with E-state index < -0.39 is 5.97 Å². The predicted molar refractivity (Wildman–Crippen MR) is 90.0 cm³/mol. The average molecular weight is 313 g/mol. The van der Waals surface area contributed by atoms with Crippen molar-refractivity contribution in [2.75, 3.05) is 32.5 Å². The molecule has 3 N–H and O–H groups in total. The summed E-state index contributed by atoms with van der Waals surface area (Å²) in [6, 6.07) is 3.44. The average Bonchev–Trinajstić information content (AvgIpc) is 2.97. The molecule has 0 unspecified atom stereocenters. The lowest BCUT2D eigenvalue weighted by molar-refractivity contribution is 0.0691. The van der Waals surface area contributed by atoms with Crippen LogP contribution in [-0.4, -0.2) is 58.1 Å². The molecule has 0 bridgehead atoms. The number of carbonyl (C=O) groups is 1. The van der Waals surface area contributed by atoms with Crippen molar-refractivity contribution in [2.24, 2.45) is 0 Å². The number of aromatic carboxylic acids is 1. The number of H-pyrrole nitrogens is 1. The number of nitrogens with one attached hydrogen (secondary N) is 2. The van der Waals surface area contributed by atoms with Gasteiger partial charge in [0.1, 0.15) is 11.5 Å². The molecular weight excluding hydrogens is 294 g/mol. The normalized spacial score (nSPS) is 11.4. The van der Waals surface area contributed by atoms with Gasteiger partial charge < -0.3 is 20.3 Å². The van der Waals surface area contributed by atoms with Gasteiger partial charge in [-0.15, -0.1) is 0 Å². The largest absolute Gasteiger partial charge is 0.477 e. The fraction of sp³-hybridized carbons (Fsp3) is 0.312. The highest BCUT2D eigenvalue weighted by atomic mass is 16.4. The van der Waals surface area contributed by atoms with Crippen LogP contribution in [0, 0.1) is 0 Å². The Hall–Kier alpha value is -2.67. The van der Waals surface area contributed by atoms with Crippen LogP contribution in [0.3, 0.4) is 0 Å². The minimum Gasteiger partial charge on any atom is -0.477 e. The van der Waals surface area contributed by atoms with Gasteiger partial charge in [0.2, 0.25) is 0 Å². The summed E-state index contributed by atoms with van der Waals surface area (Å²) in [7, 11) is 4.07. The van der Waals surface area contributed by atoms with Gasteiger partial charge in [0.05, 0.1) is 11.0 Å². The van der Waals surface area contributed by atoms with Gasteiger partial charge in [-0.25, -0.2) is 9.78 Å². The number of hydrogen-bond donors (Lipinski definition) is 3. The van der Waals surface area contributed by atoms with Crippen molar-refractivity contribution in [2.45, 2.75) is 6.42 Å². The SMILES string of the molecule is CN(C)CCCNc1nc2ccncc2c2[nH]c(C(=O)O)cc12. The molecule has 0 saturated heterocycles. The first-order valence-corrected chi connectivity index (χ1v) is 7.44. The van der Waals surface area contributed by atoms with E-state index in [9.17, 15) is 9.90 Å². The van der Waals surface area contributed by atoms with Crippen LogP contribution in [0.2, 0.25) is 0 Å². The summed E-state index contributed by atoms with van der Waals surface area (Å²) in [5.41, 5.74) is 1.67. The molecule has 23 heavy (non-hydrogen) atoms. The second-order valence-electron chi connectivity index (χ2n) is 5.71. The minimum atomic E-state index is -0.989. The van der Waals surface area contributed by atoms with Crippen LogP contribution in [0.1, 0.15) is 16.9 Å². The van der Waals surface area contributed by atoms with E-state index in [2.05, 4.69) is 25.2 Å². The summed E-state index contributed by atoms with van der Waals surface area (Å²) in [6.07, 6.45) is 4.35. The second kappa shape index (κ2) is 6.21. The van der Waals surface area contributed by atoms with Gasteiger partial charge in [0.15, 0.2) is 0 Å². The number of aromatic amines is 1. The highest BCUT2D eigenvalue weighted by molar-refractivity contribution is 6.10. The monoisotopic (exact) mass is 313 g/mol. The van der Waals surface area contributed by atoms with Crippen LogP contribution < -0.4 is 5.32 Å². The Morgan fingerprint density at radius 1 is 1.39 bits per heavy atom. The zero-order valence-corrected chi connectivity index (χ0v) is 13.1. The molecule has 3 heterocycles. The standard InChI is InChI=1S/C16H19N5O2/c1-21(2)7-3-5-18-15-10-8-13(16(22)23)19-14(10)11-9-17-6-4-12(11)20-15/h4,6,8-9,19H,3,5,7H2,1-2H3,(H,18,20)(H,22,23). The molecule has 0 saturated carbocycles. The Kier molecular flexibility index (Phi) is 4.12. The number of nitrogens with zero attached hydrogens (tertiary/aromatic N) is 3. The van der Waals surface area contributed by atoms with Crippen molar-refractivity contribution in [1.82, 2.24) is 19.9 Å². The lowest BCUT2D eigenvalue weighted by Gasteiger charge is -2.11. The maximum Gasteiger partial charge on any atom is 0.352 e. The number of rotatable bonds is 6. The maximum atomic E-state index is 11.3. The number of pyridine rings is 2. The number of hydrogen-bond acceptors (Lipinski definition) is 5. The number of carboxylic acid groups (broad SMARTS) is 1. The van der Waals surface area contributed by atoms with Gasteiger partial charge >= 0.3 is 5.97 Å². The first-order chi connectivity index (χ1) is 11.1. The van der Waals surface area contributed by atoms with E-state index in [0.717, 1.165) is 41.3 Å². The van der Waals surface area contributed by atoms with Crippen molar-refractivity contribution >= 4 is 33.6 Å². The van der Waals surface area contributed by atoms with Crippen LogP contribution in [0.5, 0.6) is 0 Å². The Balaban J connectivity index is 2.02. The lowest BCUT2D eigenvalue weighted by atomic mass is 10.2. The Labute approximate surface area is 133 Å². The van der Waals surface area contributed by atoms with Crippen LogP contribution in [0.4, 0.5) is 5.82 Å². The lowest BCUT2D eigenvalue weighted by Crippen LogP contribution is -2.16. The van der Waals surface area contributed by atoms with Gasteiger partial charge in [-0.2, -0.15) is 0 Å². The molecule has 0 amide bonds. The zero-order valence-electron chi connectivity index (χ0n) is 13.1. The third-order valence-electron chi connectivity index (χ3n) is 3.68. The molecule has 3 rings (SSSR count). The number of carboxylic acids is 1.